The van der Waals surface area contributed by atoms with Crippen LogP contribution < -0.4 is 10.1 Å². The van der Waals surface area contributed by atoms with E-state index < -0.39 is 0 Å². The molecule has 0 unspecified atom stereocenters. The molecule has 2 atom stereocenters. The average molecular weight is 395 g/mol. The van der Waals surface area contributed by atoms with Gasteiger partial charge >= 0.3 is 0 Å². The Hall–Kier alpha value is -2.10. The molecule has 0 aliphatic heterocycles. The van der Waals surface area contributed by atoms with E-state index in [0.29, 0.717) is 12.0 Å². The van der Waals surface area contributed by atoms with Crippen LogP contribution in [-0.4, -0.2) is 12.6 Å². The Morgan fingerprint density at radius 2 is 1.54 bits per heavy atom. The zero-order chi connectivity index (χ0) is 19.9. The summed E-state index contributed by atoms with van der Waals surface area (Å²) in [6.07, 6.45) is 1.32. The Bertz CT molecular complexity index is 822. The SMILES string of the molecule is Cc1ccc([C@H](CC[NH2+][C@H](C)c2cccs2)c2ccc(OC(C)C)cc2)cc1. The molecule has 0 fully saturated rings. The van der Waals surface area contributed by atoms with Crippen molar-refractivity contribution in [2.75, 3.05) is 6.54 Å². The number of ether oxygens (including phenoxy) is 1. The van der Waals surface area contributed by atoms with Crippen molar-refractivity contribution in [2.24, 2.45) is 0 Å². The monoisotopic (exact) mass is 394 g/mol. The smallest absolute Gasteiger partial charge is 0.119 e. The minimum atomic E-state index is 0.201. The number of thiophene rings is 1. The Labute approximate surface area is 173 Å². The van der Waals surface area contributed by atoms with Crippen LogP contribution >= 0.6 is 11.3 Å². The Balaban J connectivity index is 1.72. The molecular formula is C25H32NOS+. The first-order chi connectivity index (χ1) is 13.5. The van der Waals surface area contributed by atoms with Crippen molar-refractivity contribution in [1.82, 2.24) is 0 Å². The maximum atomic E-state index is 5.82. The summed E-state index contributed by atoms with van der Waals surface area (Å²) in [6.45, 7) is 9.67. The number of aryl methyl sites for hydroxylation is 1. The number of hydrogen-bond acceptors (Lipinski definition) is 2. The summed E-state index contributed by atoms with van der Waals surface area (Å²) >= 11 is 1.85. The van der Waals surface area contributed by atoms with E-state index in [-0.39, 0.29) is 6.10 Å². The first-order valence-electron chi connectivity index (χ1n) is 10.2. The topological polar surface area (TPSA) is 25.8 Å². The largest absolute Gasteiger partial charge is 0.491 e. The van der Waals surface area contributed by atoms with Crippen molar-refractivity contribution < 1.29 is 10.1 Å². The molecule has 0 amide bonds. The van der Waals surface area contributed by atoms with Crippen molar-refractivity contribution >= 4 is 11.3 Å². The summed E-state index contributed by atoms with van der Waals surface area (Å²) in [7, 11) is 0. The highest BCUT2D eigenvalue weighted by Crippen LogP contribution is 2.29. The predicted molar refractivity (Wildman–Crippen MR) is 119 cm³/mol. The van der Waals surface area contributed by atoms with Gasteiger partial charge in [0.25, 0.3) is 0 Å². The van der Waals surface area contributed by atoms with Crippen LogP contribution in [0.15, 0.2) is 66.0 Å². The lowest BCUT2D eigenvalue weighted by molar-refractivity contribution is -0.692. The highest BCUT2D eigenvalue weighted by Gasteiger charge is 2.17. The van der Waals surface area contributed by atoms with Crippen LogP contribution in [0, 0.1) is 6.92 Å². The van der Waals surface area contributed by atoms with Crippen LogP contribution in [0.2, 0.25) is 0 Å². The van der Waals surface area contributed by atoms with Crippen LogP contribution in [0.1, 0.15) is 60.7 Å². The molecule has 0 bridgehead atoms. The molecule has 3 heteroatoms. The number of rotatable bonds is 9. The second-order valence-electron chi connectivity index (χ2n) is 7.82. The van der Waals surface area contributed by atoms with Gasteiger partial charge in [0.15, 0.2) is 0 Å². The molecule has 3 aromatic rings. The Morgan fingerprint density at radius 3 is 2.11 bits per heavy atom. The van der Waals surface area contributed by atoms with Gasteiger partial charge < -0.3 is 10.1 Å². The lowest BCUT2D eigenvalue weighted by atomic mass is 9.88. The normalized spacial score (nSPS) is 13.5. The van der Waals surface area contributed by atoms with E-state index in [4.69, 9.17) is 4.74 Å². The van der Waals surface area contributed by atoms with E-state index in [2.05, 4.69) is 99.1 Å². The van der Waals surface area contributed by atoms with Gasteiger partial charge in [-0.25, -0.2) is 0 Å². The van der Waals surface area contributed by atoms with E-state index in [1.807, 2.05) is 11.3 Å². The van der Waals surface area contributed by atoms with E-state index >= 15 is 0 Å². The lowest BCUT2D eigenvalue weighted by Crippen LogP contribution is -2.84. The summed E-state index contributed by atoms with van der Waals surface area (Å²) in [6, 6.07) is 22.5. The van der Waals surface area contributed by atoms with E-state index in [9.17, 15) is 0 Å². The standard InChI is InChI=1S/C25H31NOS/c1-18(2)27-23-13-11-22(12-14-23)24(21-9-7-19(3)8-10-21)15-16-26-20(4)25-6-5-17-28-25/h5-14,17-18,20,24,26H,15-16H2,1-4H3/p+1/t20-,24+/m1/s1. The minimum Gasteiger partial charge on any atom is -0.491 e. The molecule has 0 aliphatic rings. The summed E-state index contributed by atoms with van der Waals surface area (Å²) in [4.78, 5) is 1.45. The molecule has 2 nitrogen and oxygen atoms in total. The second-order valence-corrected chi connectivity index (χ2v) is 8.80. The molecule has 0 saturated carbocycles. The summed E-state index contributed by atoms with van der Waals surface area (Å²) in [5, 5.41) is 4.62. The maximum absolute atomic E-state index is 5.82. The van der Waals surface area contributed by atoms with Crippen LogP contribution in [0.25, 0.3) is 0 Å². The zero-order valence-corrected chi connectivity index (χ0v) is 18.2. The van der Waals surface area contributed by atoms with Gasteiger partial charge in [0.05, 0.1) is 17.5 Å². The maximum Gasteiger partial charge on any atom is 0.119 e. The van der Waals surface area contributed by atoms with Gasteiger partial charge in [0.1, 0.15) is 11.8 Å². The molecule has 0 saturated heterocycles. The fraction of sp³-hybridized carbons (Fsp3) is 0.360. The summed E-state index contributed by atoms with van der Waals surface area (Å²) < 4.78 is 5.82. The molecule has 1 aromatic heterocycles. The molecule has 1 heterocycles. The van der Waals surface area contributed by atoms with Crippen molar-refractivity contribution in [3.63, 3.8) is 0 Å². The van der Waals surface area contributed by atoms with Crippen LogP contribution in [0.4, 0.5) is 0 Å². The average Bonchev–Trinajstić information content (AvgIpc) is 3.21. The molecule has 2 N–H and O–H groups in total. The molecule has 148 valence electrons. The van der Waals surface area contributed by atoms with E-state index in [1.165, 1.54) is 21.6 Å². The number of quaternary nitrogens is 1. The minimum absolute atomic E-state index is 0.201. The highest BCUT2D eigenvalue weighted by atomic mass is 32.1. The van der Waals surface area contributed by atoms with Gasteiger partial charge in [-0.3, -0.25) is 0 Å². The Kier molecular flexibility index (Phi) is 7.30. The van der Waals surface area contributed by atoms with Gasteiger partial charge in [-0.05, 0) is 62.4 Å². The number of nitrogens with two attached hydrogens (primary N) is 1. The molecule has 0 radical (unpaired) electrons. The van der Waals surface area contributed by atoms with Gasteiger partial charge in [0, 0.05) is 12.3 Å². The number of benzene rings is 2. The van der Waals surface area contributed by atoms with Crippen LogP contribution in [-0.2, 0) is 0 Å². The third-order valence-corrected chi connectivity index (χ3v) is 6.17. The molecule has 2 aromatic carbocycles. The van der Waals surface area contributed by atoms with Crippen molar-refractivity contribution in [3.05, 3.63) is 87.6 Å². The van der Waals surface area contributed by atoms with Crippen LogP contribution in [0.5, 0.6) is 5.75 Å². The fourth-order valence-corrected chi connectivity index (χ4v) is 4.34. The van der Waals surface area contributed by atoms with Gasteiger partial charge in [0.2, 0.25) is 0 Å². The van der Waals surface area contributed by atoms with Crippen molar-refractivity contribution in [3.8, 4) is 5.75 Å². The van der Waals surface area contributed by atoms with Gasteiger partial charge in [-0.2, -0.15) is 0 Å². The highest BCUT2D eigenvalue weighted by molar-refractivity contribution is 7.10. The second kappa shape index (κ2) is 9.90. The zero-order valence-electron chi connectivity index (χ0n) is 17.4. The molecule has 3 rings (SSSR count). The van der Waals surface area contributed by atoms with E-state index in [0.717, 1.165) is 18.7 Å². The van der Waals surface area contributed by atoms with Gasteiger partial charge in [-0.15, -0.1) is 11.3 Å². The summed E-state index contributed by atoms with van der Waals surface area (Å²) in [5.41, 5.74) is 4.05. The Morgan fingerprint density at radius 1 is 0.893 bits per heavy atom. The molecular weight excluding hydrogens is 362 g/mol. The van der Waals surface area contributed by atoms with E-state index in [1.54, 1.807) is 0 Å². The third-order valence-electron chi connectivity index (χ3n) is 5.10. The summed E-state index contributed by atoms with van der Waals surface area (Å²) in [5.74, 6) is 1.35. The third kappa shape index (κ3) is 5.70. The molecule has 0 aliphatic carbocycles. The molecule has 28 heavy (non-hydrogen) atoms. The first-order valence-corrected chi connectivity index (χ1v) is 11.1. The van der Waals surface area contributed by atoms with Crippen molar-refractivity contribution in [2.45, 2.75) is 52.2 Å². The quantitative estimate of drug-likeness (QED) is 0.496. The lowest BCUT2D eigenvalue weighted by Gasteiger charge is -2.19. The van der Waals surface area contributed by atoms with Crippen LogP contribution in [0.3, 0.4) is 0 Å². The first kappa shape index (κ1) is 20.6. The van der Waals surface area contributed by atoms with Crippen molar-refractivity contribution in [1.29, 1.82) is 0 Å². The molecule has 0 spiro atoms. The fourth-order valence-electron chi connectivity index (χ4n) is 3.55. The predicted octanol–water partition coefficient (Wildman–Crippen LogP) is 5.69. The number of hydrogen-bond donors (Lipinski definition) is 1. The van der Waals surface area contributed by atoms with Gasteiger partial charge in [-0.1, -0.05) is 48.0 Å².